The van der Waals surface area contributed by atoms with E-state index in [1.54, 1.807) is 0 Å². The number of aromatic nitrogens is 1. The van der Waals surface area contributed by atoms with E-state index in [-0.39, 0.29) is 0 Å². The number of rotatable bonds is 0. The van der Waals surface area contributed by atoms with Gasteiger partial charge < -0.3 is 4.74 Å². The summed E-state index contributed by atoms with van der Waals surface area (Å²) in [4.78, 5) is 0. The summed E-state index contributed by atoms with van der Waals surface area (Å²) >= 11 is 0. The van der Waals surface area contributed by atoms with Gasteiger partial charge in [-0.15, -0.1) is 0 Å². The molecule has 2 nitrogen and oxygen atoms in total. The van der Waals surface area contributed by atoms with E-state index in [9.17, 15) is 0 Å². The summed E-state index contributed by atoms with van der Waals surface area (Å²) in [6.07, 6.45) is 2.14. The van der Waals surface area contributed by atoms with Crippen molar-refractivity contribution in [3.05, 3.63) is 65.9 Å². The van der Waals surface area contributed by atoms with Crippen LogP contribution in [-0.4, -0.2) is 0 Å². The van der Waals surface area contributed by atoms with Crippen LogP contribution in [0.5, 0.6) is 11.5 Å². The second kappa shape index (κ2) is 4.57. The van der Waals surface area contributed by atoms with Gasteiger partial charge in [0.2, 0.25) is 5.69 Å². The zero-order valence-electron chi connectivity index (χ0n) is 14.1. The Kier molecular flexibility index (Phi) is 2.58. The molecule has 4 aromatic rings. The molecule has 0 N–H and O–H groups in total. The normalized spacial score (nSPS) is 12.3. The SMILES string of the molecule is Cc1c2c(c(C)c3ccccc13)-c1c3c(cccc3cc[n+]1C)O2. The van der Waals surface area contributed by atoms with Crippen molar-refractivity contribution < 1.29 is 9.30 Å². The van der Waals surface area contributed by atoms with Crippen molar-refractivity contribution in [3.63, 3.8) is 0 Å². The predicted molar refractivity (Wildman–Crippen MR) is 97.6 cm³/mol. The number of pyridine rings is 1. The summed E-state index contributed by atoms with van der Waals surface area (Å²) in [5.41, 5.74) is 4.95. The van der Waals surface area contributed by atoms with Gasteiger partial charge in [-0.1, -0.05) is 36.4 Å². The number of fused-ring (bicyclic) bond motifs is 3. The molecule has 0 amide bonds. The summed E-state index contributed by atoms with van der Waals surface area (Å²) in [7, 11) is 2.12. The summed E-state index contributed by atoms with van der Waals surface area (Å²) in [5, 5.41) is 4.99. The maximum Gasteiger partial charge on any atom is 0.228 e. The molecule has 5 rings (SSSR count). The lowest BCUT2D eigenvalue weighted by Gasteiger charge is -2.23. The highest BCUT2D eigenvalue weighted by Gasteiger charge is 2.31. The summed E-state index contributed by atoms with van der Waals surface area (Å²) in [6.45, 7) is 4.37. The molecule has 0 aliphatic carbocycles. The number of benzene rings is 3. The fourth-order valence-electron chi connectivity index (χ4n) is 4.04. The van der Waals surface area contributed by atoms with Crippen LogP contribution in [0.4, 0.5) is 0 Å². The fraction of sp³-hybridized carbons (Fsp3) is 0.136. The molecule has 1 aliphatic rings. The van der Waals surface area contributed by atoms with Crippen LogP contribution in [0.3, 0.4) is 0 Å². The van der Waals surface area contributed by atoms with Crippen LogP contribution in [0, 0.1) is 13.8 Å². The van der Waals surface area contributed by atoms with Gasteiger partial charge in [-0.25, -0.2) is 4.57 Å². The molecule has 0 spiro atoms. The average Bonchev–Trinajstić information content (AvgIpc) is 2.62. The van der Waals surface area contributed by atoms with Gasteiger partial charge in [-0.2, -0.15) is 0 Å². The third kappa shape index (κ3) is 1.58. The first-order chi connectivity index (χ1) is 11.7. The molecule has 3 aromatic carbocycles. The Hall–Kier alpha value is -2.87. The number of aryl methyl sites for hydroxylation is 3. The highest BCUT2D eigenvalue weighted by molar-refractivity contribution is 6.06. The smallest absolute Gasteiger partial charge is 0.228 e. The van der Waals surface area contributed by atoms with Crippen molar-refractivity contribution in [2.75, 3.05) is 0 Å². The maximum absolute atomic E-state index is 6.41. The number of hydrogen-bond acceptors (Lipinski definition) is 1. The van der Waals surface area contributed by atoms with E-state index in [0.717, 1.165) is 11.5 Å². The molecule has 1 aliphatic heterocycles. The lowest BCUT2D eigenvalue weighted by atomic mass is 9.89. The zero-order valence-corrected chi connectivity index (χ0v) is 14.1. The van der Waals surface area contributed by atoms with Gasteiger partial charge in [0.25, 0.3) is 0 Å². The second-order valence-electron chi connectivity index (χ2n) is 6.60. The molecule has 2 heteroatoms. The third-order valence-electron chi connectivity index (χ3n) is 5.25. The standard InChI is InChI=1S/C22H18NO/c1-13-16-8-4-5-9-17(16)14(2)22-19(13)21-20-15(11-12-23(21)3)7-6-10-18(20)24-22/h4-12H,1-3H3/q+1. The van der Waals surface area contributed by atoms with E-state index < -0.39 is 0 Å². The lowest BCUT2D eigenvalue weighted by molar-refractivity contribution is -0.659. The Bertz CT molecular complexity index is 1160. The van der Waals surface area contributed by atoms with Crippen LogP contribution in [0.2, 0.25) is 0 Å². The Labute approximate surface area is 140 Å². The molecule has 0 fully saturated rings. The van der Waals surface area contributed by atoms with Gasteiger partial charge in [-0.05, 0) is 41.6 Å². The molecular weight excluding hydrogens is 294 g/mol. The van der Waals surface area contributed by atoms with Crippen molar-refractivity contribution >= 4 is 21.5 Å². The van der Waals surface area contributed by atoms with Gasteiger partial charge in [0.05, 0.1) is 10.9 Å². The topological polar surface area (TPSA) is 13.1 Å². The van der Waals surface area contributed by atoms with Crippen molar-refractivity contribution in [1.29, 1.82) is 0 Å². The zero-order chi connectivity index (χ0) is 16.4. The van der Waals surface area contributed by atoms with Gasteiger partial charge in [0.15, 0.2) is 6.20 Å². The minimum Gasteiger partial charge on any atom is -0.455 e. The van der Waals surface area contributed by atoms with Crippen LogP contribution in [0.25, 0.3) is 32.8 Å². The molecule has 0 radical (unpaired) electrons. The maximum atomic E-state index is 6.41. The Morgan fingerprint density at radius 2 is 1.58 bits per heavy atom. The molecule has 1 aromatic heterocycles. The number of hydrogen-bond donors (Lipinski definition) is 0. The second-order valence-corrected chi connectivity index (χ2v) is 6.60. The van der Waals surface area contributed by atoms with Crippen molar-refractivity contribution in [2.24, 2.45) is 7.05 Å². The van der Waals surface area contributed by atoms with Crippen molar-refractivity contribution in [3.8, 4) is 22.8 Å². The van der Waals surface area contributed by atoms with Gasteiger partial charge in [-0.3, -0.25) is 0 Å². The molecule has 0 unspecified atom stereocenters. The van der Waals surface area contributed by atoms with Crippen LogP contribution in [0.15, 0.2) is 54.7 Å². The quantitative estimate of drug-likeness (QED) is 0.358. The minimum atomic E-state index is 0.948. The van der Waals surface area contributed by atoms with Crippen molar-refractivity contribution in [2.45, 2.75) is 13.8 Å². The molecular formula is C22H18NO+. The highest BCUT2D eigenvalue weighted by Crippen LogP contribution is 2.49. The first-order valence-electron chi connectivity index (χ1n) is 8.28. The molecule has 116 valence electrons. The first-order valence-corrected chi connectivity index (χ1v) is 8.28. The Morgan fingerprint density at radius 3 is 2.38 bits per heavy atom. The van der Waals surface area contributed by atoms with Crippen LogP contribution < -0.4 is 9.30 Å². The van der Waals surface area contributed by atoms with E-state index in [4.69, 9.17) is 4.74 Å². The molecule has 0 saturated carbocycles. The Balaban J connectivity index is 2.06. The largest absolute Gasteiger partial charge is 0.455 e. The minimum absolute atomic E-state index is 0.948. The van der Waals surface area contributed by atoms with Crippen LogP contribution in [-0.2, 0) is 7.05 Å². The van der Waals surface area contributed by atoms with Gasteiger partial charge in [0.1, 0.15) is 18.5 Å². The van der Waals surface area contributed by atoms with E-state index in [1.807, 2.05) is 0 Å². The monoisotopic (exact) mass is 312 g/mol. The van der Waals surface area contributed by atoms with E-state index >= 15 is 0 Å². The molecule has 0 atom stereocenters. The fourth-order valence-corrected chi connectivity index (χ4v) is 4.04. The summed E-state index contributed by atoms with van der Waals surface area (Å²) in [6, 6.07) is 17.0. The van der Waals surface area contributed by atoms with Gasteiger partial charge >= 0.3 is 0 Å². The lowest BCUT2D eigenvalue weighted by Crippen LogP contribution is -2.31. The molecule has 0 saturated heterocycles. The Morgan fingerprint density at radius 1 is 0.833 bits per heavy atom. The first kappa shape index (κ1) is 13.6. The van der Waals surface area contributed by atoms with Gasteiger partial charge in [0, 0.05) is 11.6 Å². The third-order valence-corrected chi connectivity index (χ3v) is 5.25. The predicted octanol–water partition coefficient (Wildman–Crippen LogP) is 5.21. The van der Waals surface area contributed by atoms with E-state index in [0.29, 0.717) is 0 Å². The van der Waals surface area contributed by atoms with E-state index in [2.05, 4.69) is 80.2 Å². The van der Waals surface area contributed by atoms with E-state index in [1.165, 1.54) is 43.9 Å². The molecule has 24 heavy (non-hydrogen) atoms. The van der Waals surface area contributed by atoms with Crippen molar-refractivity contribution in [1.82, 2.24) is 0 Å². The average molecular weight is 312 g/mol. The highest BCUT2D eigenvalue weighted by atomic mass is 16.5. The summed E-state index contributed by atoms with van der Waals surface area (Å²) < 4.78 is 8.63. The molecule has 0 bridgehead atoms. The van der Waals surface area contributed by atoms with Crippen LogP contribution >= 0.6 is 0 Å². The van der Waals surface area contributed by atoms with Crippen LogP contribution in [0.1, 0.15) is 11.1 Å². The molecule has 2 heterocycles. The number of nitrogens with zero attached hydrogens (tertiary/aromatic N) is 1. The number of ether oxygens (including phenoxy) is 1. The summed E-state index contributed by atoms with van der Waals surface area (Å²) in [5.74, 6) is 1.94.